The molecule has 4 aliphatic heterocycles. The van der Waals surface area contributed by atoms with E-state index < -0.39 is 132 Å². The van der Waals surface area contributed by atoms with Gasteiger partial charge >= 0.3 is 18.3 Å². The number of unbranched alkanes of at least 4 members (excludes halogenated alkanes) is 2. The number of aliphatic hydroxyl groups is 1. The van der Waals surface area contributed by atoms with Crippen LogP contribution in [0.4, 0.5) is 20.2 Å². The molecule has 4 aromatic carbocycles. The van der Waals surface area contributed by atoms with Crippen LogP contribution in [0.2, 0.25) is 0 Å². The number of carbonyl (C=O) groups excluding carboxylic acids is 3. The lowest BCUT2D eigenvalue weighted by molar-refractivity contribution is -0.313. The number of nitrogens with two attached hydrogens (primary N) is 1. The van der Waals surface area contributed by atoms with E-state index in [0.29, 0.717) is 56.4 Å². The number of nitrogens with one attached hydrogen (secondary N) is 1. The molecule has 6 heterocycles. The Hall–Kier alpha value is -7.40. The van der Waals surface area contributed by atoms with Gasteiger partial charge in [-0.15, -0.1) is 0 Å². The van der Waals surface area contributed by atoms with Crippen LogP contribution in [0.25, 0.3) is 11.2 Å². The quantitative estimate of drug-likeness (QED) is 0.0355. The van der Waals surface area contributed by atoms with Crippen LogP contribution in [0.5, 0.6) is 0 Å². The first kappa shape index (κ1) is 76.3. The third-order valence-corrected chi connectivity index (χ3v) is 19.6. The van der Waals surface area contributed by atoms with Gasteiger partial charge in [0.25, 0.3) is 0 Å². The molecule has 0 radical (unpaired) electrons. The van der Waals surface area contributed by atoms with E-state index in [2.05, 4.69) is 20.3 Å². The fraction of sp³-hybridized carbons (Fsp3) is 0.595. The molecule has 3 amide bonds. The molecule has 25 heteroatoms. The number of aromatic nitrogens is 4. The van der Waals surface area contributed by atoms with E-state index in [1.165, 1.54) is 6.33 Å². The molecule has 104 heavy (non-hydrogen) atoms. The molecule has 0 unspecified atom stereocenters. The highest BCUT2D eigenvalue weighted by molar-refractivity contribution is 5.81. The highest BCUT2D eigenvalue weighted by Gasteiger charge is 2.63. The Morgan fingerprint density at radius 2 is 1.12 bits per heavy atom. The summed E-state index contributed by atoms with van der Waals surface area (Å²) in [7, 11) is 0. The van der Waals surface area contributed by atoms with Gasteiger partial charge in [0.05, 0.1) is 25.0 Å². The smallest absolute Gasteiger partial charge is 0.411 e. The number of nitrogens with zero attached hydrogens (tertiary/aromatic N) is 7. The molecule has 1 spiro atoms. The summed E-state index contributed by atoms with van der Waals surface area (Å²) < 4.78 is 84.3. The van der Waals surface area contributed by atoms with Gasteiger partial charge in [-0.2, -0.15) is 0 Å². The summed E-state index contributed by atoms with van der Waals surface area (Å²) in [5.41, 5.74) is 7.68. The molecule has 6 aromatic rings. The van der Waals surface area contributed by atoms with Crippen molar-refractivity contribution < 1.29 is 76.3 Å². The van der Waals surface area contributed by atoms with Gasteiger partial charge in [-0.25, -0.2) is 29.3 Å². The second-order valence-corrected chi connectivity index (χ2v) is 31.7. The van der Waals surface area contributed by atoms with Crippen LogP contribution in [0, 0.1) is 0 Å². The number of amides is 3. The average molecular weight is 1440 g/mol. The molecule has 4 N–H and O–H groups in total. The summed E-state index contributed by atoms with van der Waals surface area (Å²) in [6.07, 6.45) is -3.46. The Morgan fingerprint density at radius 1 is 0.596 bits per heavy atom. The number of ether oxygens (including phenoxy) is 12. The second-order valence-electron chi connectivity index (χ2n) is 31.7. The second kappa shape index (κ2) is 32.8. The molecule has 2 aromatic heterocycles. The molecular formula is C79H107N9O16. The molecule has 4 saturated heterocycles. The van der Waals surface area contributed by atoms with E-state index in [1.807, 2.05) is 177 Å². The summed E-state index contributed by atoms with van der Waals surface area (Å²) in [6, 6.07) is 35.8. The van der Waals surface area contributed by atoms with Crippen LogP contribution in [-0.4, -0.2) is 192 Å². The van der Waals surface area contributed by atoms with E-state index in [0.717, 1.165) is 41.5 Å². The van der Waals surface area contributed by atoms with Crippen LogP contribution in [0.1, 0.15) is 162 Å². The van der Waals surface area contributed by atoms with E-state index >= 15 is 14.4 Å². The van der Waals surface area contributed by atoms with Gasteiger partial charge < -0.3 is 73.0 Å². The number of nitrogen functional groups attached to an aromatic ring is 1. The third kappa shape index (κ3) is 18.9. The molecule has 12 rings (SSSR count). The van der Waals surface area contributed by atoms with Crippen molar-refractivity contribution in [3.05, 3.63) is 156 Å². The number of anilines is 1. The zero-order chi connectivity index (χ0) is 73.6. The van der Waals surface area contributed by atoms with Gasteiger partial charge in [-0.05, 0) is 137 Å². The number of aliphatic hydroxyl groups excluding tert-OH is 1. The van der Waals surface area contributed by atoms with Crippen molar-refractivity contribution in [3.8, 4) is 0 Å². The van der Waals surface area contributed by atoms with Crippen molar-refractivity contribution in [2.45, 2.75) is 274 Å². The third-order valence-electron chi connectivity index (χ3n) is 19.6. The molecule has 25 nitrogen and oxygen atoms in total. The van der Waals surface area contributed by atoms with Crippen LogP contribution < -0.4 is 11.1 Å². The number of imidazole rings is 1. The minimum atomic E-state index is -1.45. The monoisotopic (exact) mass is 1440 g/mol. The van der Waals surface area contributed by atoms with Crippen molar-refractivity contribution in [2.24, 2.45) is 0 Å². The van der Waals surface area contributed by atoms with Gasteiger partial charge in [-0.3, -0.25) is 19.3 Å². The van der Waals surface area contributed by atoms with Crippen molar-refractivity contribution >= 4 is 35.3 Å². The predicted octanol–water partition coefficient (Wildman–Crippen LogP) is 11.9. The number of carbonyl (C=O) groups is 3. The lowest BCUT2D eigenvalue weighted by atomic mass is 9.81. The zero-order valence-corrected chi connectivity index (χ0v) is 62.1. The maximum atomic E-state index is 15.7. The first-order valence-corrected chi connectivity index (χ1v) is 37.0. The Balaban J connectivity index is 0.901. The van der Waals surface area contributed by atoms with E-state index in [1.54, 1.807) is 46.4 Å². The Bertz CT molecular complexity index is 3760. The van der Waals surface area contributed by atoms with E-state index in [9.17, 15) is 5.11 Å². The van der Waals surface area contributed by atoms with Crippen LogP contribution in [0.15, 0.2) is 134 Å². The molecular weight excluding hydrogens is 1330 g/mol. The average Bonchev–Trinajstić information content (AvgIpc) is 1.55. The Kier molecular flexibility index (Phi) is 24.0. The Morgan fingerprint density at radius 3 is 1.71 bits per heavy atom. The minimum absolute atomic E-state index is 0.0264. The maximum absolute atomic E-state index is 15.7. The van der Waals surface area contributed by atoms with Crippen molar-refractivity contribution in [1.82, 2.24) is 39.5 Å². The van der Waals surface area contributed by atoms with Gasteiger partial charge in [0.15, 0.2) is 35.6 Å². The highest BCUT2D eigenvalue weighted by Crippen LogP contribution is 2.50. The number of fused-ring (bicyclic) bond motifs is 3. The van der Waals surface area contributed by atoms with Crippen LogP contribution in [0.3, 0.4) is 0 Å². The summed E-state index contributed by atoms with van der Waals surface area (Å²) in [6.45, 7) is 21.6. The van der Waals surface area contributed by atoms with Gasteiger partial charge in [0.1, 0.15) is 89.6 Å². The zero-order valence-electron chi connectivity index (χ0n) is 62.1. The summed E-state index contributed by atoms with van der Waals surface area (Å²) in [4.78, 5) is 64.6. The summed E-state index contributed by atoms with van der Waals surface area (Å²) >= 11 is 0. The molecule has 564 valence electrons. The fourth-order valence-electron chi connectivity index (χ4n) is 15.1. The van der Waals surface area contributed by atoms with Gasteiger partial charge in [0.2, 0.25) is 0 Å². The first-order chi connectivity index (χ1) is 49.7. The SMILES string of the molecule is CC(C)(C)OC(=O)N(Cc1ccccc1)[C@H]1[C@@H](O[C@@H]2[C@H]3OC4(CCCCC4)O[C@@H]3[C@@H](N(Cc3ccccc3)C(=O)OC(C)(C)C)C[C@H]2N(Cc2ccccc2)C(=O)OC(C)(C)C)O[C@H](CNCc2ccccc2)[C@@H](O)[C@@H]1OCCCCCOC[C@H]1O[C@@H](n2cnc3c(N)ncnc32)[C@@H]2OC(C)(C)O[C@@H]21. The minimum Gasteiger partial charge on any atom is -0.444 e. The fourth-order valence-corrected chi connectivity index (χ4v) is 15.1. The predicted molar refractivity (Wildman–Crippen MR) is 386 cm³/mol. The lowest BCUT2D eigenvalue weighted by Crippen LogP contribution is -2.70. The van der Waals surface area contributed by atoms with Crippen LogP contribution >= 0.6 is 0 Å². The molecule has 6 fully saturated rings. The maximum Gasteiger partial charge on any atom is 0.411 e. The van der Waals surface area contributed by atoms with Gasteiger partial charge in [0, 0.05) is 58.8 Å². The van der Waals surface area contributed by atoms with E-state index in [4.69, 9.17) is 62.6 Å². The van der Waals surface area contributed by atoms with Crippen molar-refractivity contribution in [3.63, 3.8) is 0 Å². The number of rotatable bonds is 25. The summed E-state index contributed by atoms with van der Waals surface area (Å²) in [5, 5.41) is 16.8. The molecule has 6 aliphatic rings. The standard InChI is InChI=1S/C79H107N9O16/c1-75(2,3)102-72(90)85(45-52-32-20-13-21-33-52)55-42-56(86(73(91)103-76(4,5)6)46-53-34-22-14-23-35-53)63-66(101-79(100-63)38-26-16-27-39-79)62(55)97-71-60(87(74(92)104-77(7,8)9)47-54-36-24-15-25-37-54)65(61(89)57(96-71)44-81-43-51-30-18-12-19-31-51)94-41-29-17-28-40-93-48-58-64-67(99-78(10,11)98-64)70(95-58)88-50-84-59-68(80)82-49-83-69(59)88/h12-15,18-25,30-37,49-50,55-58,60-67,70-71,81,89H,16-17,26-29,38-48H2,1-11H3,(H2,80,82,83)/t55-,56+,57-,58-,60-,61-,62+,63-,64-,65-,66-,67-,70-,71-/m1/s1. The van der Waals surface area contributed by atoms with Gasteiger partial charge in [-0.1, -0.05) is 128 Å². The summed E-state index contributed by atoms with van der Waals surface area (Å²) in [5.74, 6) is -1.73. The Labute approximate surface area is 610 Å². The normalized spacial score (nSPS) is 27.3. The number of benzene rings is 4. The van der Waals surface area contributed by atoms with Crippen LogP contribution in [-0.2, 0) is 83.0 Å². The molecule has 14 atom stereocenters. The molecule has 2 saturated carbocycles. The first-order valence-electron chi connectivity index (χ1n) is 37.0. The lowest BCUT2D eigenvalue weighted by Gasteiger charge is -2.53. The molecule has 0 bridgehead atoms. The van der Waals surface area contributed by atoms with E-state index in [-0.39, 0.29) is 51.6 Å². The molecule has 2 aliphatic carbocycles. The van der Waals surface area contributed by atoms with Crippen molar-refractivity contribution in [2.75, 3.05) is 32.1 Å². The largest absolute Gasteiger partial charge is 0.444 e. The topological polar surface area (TPSA) is 274 Å². The number of hydrogen-bond acceptors (Lipinski definition) is 21. The number of hydrogen-bond donors (Lipinski definition) is 3. The van der Waals surface area contributed by atoms with Crippen molar-refractivity contribution in [1.29, 1.82) is 0 Å². The highest BCUT2D eigenvalue weighted by atomic mass is 16.8.